The topological polar surface area (TPSA) is 78.9 Å². The molecule has 6 heteroatoms. The molecule has 0 radical (unpaired) electrons. The number of hydrogen-bond acceptors (Lipinski definition) is 3. The van der Waals surface area contributed by atoms with Crippen LogP contribution in [-0.2, 0) is 0 Å². The Morgan fingerprint density at radius 2 is 1.82 bits per heavy atom. The van der Waals surface area contributed by atoms with E-state index >= 15 is 0 Å². The number of carboxylic acids is 1. The Balaban J connectivity index is 1.99. The number of benzene rings is 2. The number of aromatic nitrogens is 3. The number of aryl methyl sites for hydroxylation is 1. The summed E-state index contributed by atoms with van der Waals surface area (Å²) >= 11 is 5.97. The number of carboxylic acid groups (broad SMARTS) is 1. The first-order valence-corrected chi connectivity index (χ1v) is 6.95. The molecule has 22 heavy (non-hydrogen) atoms. The third-order valence-electron chi connectivity index (χ3n) is 3.42. The normalized spacial score (nSPS) is 10.6. The molecule has 1 aromatic heterocycles. The number of rotatable bonds is 3. The molecule has 3 rings (SSSR count). The molecule has 5 nitrogen and oxygen atoms in total. The van der Waals surface area contributed by atoms with E-state index in [2.05, 4.69) is 15.4 Å². The van der Waals surface area contributed by atoms with Crippen molar-refractivity contribution in [2.75, 3.05) is 0 Å². The van der Waals surface area contributed by atoms with Crippen LogP contribution >= 0.6 is 11.6 Å². The Morgan fingerprint density at radius 1 is 1.14 bits per heavy atom. The number of carbonyl (C=O) groups is 1. The summed E-state index contributed by atoms with van der Waals surface area (Å²) in [7, 11) is 0. The molecule has 0 atom stereocenters. The smallest absolute Gasteiger partial charge is 0.356 e. The fourth-order valence-corrected chi connectivity index (χ4v) is 2.56. The van der Waals surface area contributed by atoms with Gasteiger partial charge in [0.2, 0.25) is 0 Å². The van der Waals surface area contributed by atoms with Crippen LogP contribution in [0.25, 0.3) is 22.4 Å². The average molecular weight is 314 g/mol. The molecule has 0 unspecified atom stereocenters. The highest BCUT2D eigenvalue weighted by atomic mass is 35.5. The van der Waals surface area contributed by atoms with Gasteiger partial charge >= 0.3 is 5.97 Å². The lowest BCUT2D eigenvalue weighted by Gasteiger charge is -2.07. The van der Waals surface area contributed by atoms with E-state index < -0.39 is 5.97 Å². The molecular formula is C16H12ClN3O2. The first-order chi connectivity index (χ1) is 10.6. The zero-order valence-corrected chi connectivity index (χ0v) is 12.4. The molecule has 0 fully saturated rings. The van der Waals surface area contributed by atoms with E-state index in [0.717, 1.165) is 16.7 Å². The fourth-order valence-electron chi connectivity index (χ4n) is 2.34. The van der Waals surface area contributed by atoms with Gasteiger partial charge in [-0.3, -0.25) is 5.10 Å². The maximum atomic E-state index is 11.1. The number of nitrogens with one attached hydrogen (secondary N) is 1. The molecular weight excluding hydrogens is 302 g/mol. The molecule has 0 aliphatic rings. The Labute approximate surface area is 131 Å². The molecule has 2 N–H and O–H groups in total. The summed E-state index contributed by atoms with van der Waals surface area (Å²) in [6.45, 7) is 2.00. The fraction of sp³-hybridized carbons (Fsp3) is 0.0625. The third-order valence-corrected chi connectivity index (χ3v) is 3.66. The van der Waals surface area contributed by atoms with Crippen LogP contribution in [0.4, 0.5) is 0 Å². The van der Waals surface area contributed by atoms with Gasteiger partial charge in [0, 0.05) is 10.6 Å². The van der Waals surface area contributed by atoms with Crippen molar-refractivity contribution in [2.24, 2.45) is 0 Å². The van der Waals surface area contributed by atoms with Crippen molar-refractivity contribution in [3.05, 3.63) is 58.7 Å². The summed E-state index contributed by atoms with van der Waals surface area (Å²) in [5, 5.41) is 19.6. The molecule has 0 saturated carbocycles. The SMILES string of the molecule is Cc1cc(Cl)ccc1-c1ccc(-c2nn[nH]c2C(=O)O)cc1. The van der Waals surface area contributed by atoms with E-state index in [0.29, 0.717) is 16.3 Å². The van der Waals surface area contributed by atoms with Crippen LogP contribution < -0.4 is 0 Å². The Kier molecular flexibility index (Phi) is 3.65. The summed E-state index contributed by atoms with van der Waals surface area (Å²) in [6.07, 6.45) is 0. The molecule has 2 aromatic carbocycles. The number of hydrogen-bond donors (Lipinski definition) is 2. The van der Waals surface area contributed by atoms with Crippen LogP contribution in [0.1, 0.15) is 16.1 Å². The molecule has 0 amide bonds. The van der Waals surface area contributed by atoms with Crippen LogP contribution in [0.15, 0.2) is 42.5 Å². The predicted octanol–water partition coefficient (Wildman–Crippen LogP) is 3.80. The second kappa shape index (κ2) is 5.61. The minimum atomic E-state index is -1.09. The Hall–Kier alpha value is -2.66. The summed E-state index contributed by atoms with van der Waals surface area (Å²) in [5.41, 5.74) is 4.18. The zero-order chi connectivity index (χ0) is 15.7. The van der Waals surface area contributed by atoms with E-state index in [1.807, 2.05) is 49.4 Å². The van der Waals surface area contributed by atoms with Crippen LogP contribution in [0.2, 0.25) is 5.02 Å². The second-order valence-electron chi connectivity index (χ2n) is 4.88. The standard InChI is InChI=1S/C16H12ClN3O2/c1-9-8-12(17)6-7-13(9)10-2-4-11(5-3-10)14-15(16(21)22)19-20-18-14/h2-8H,1H3,(H,21,22)(H,18,19,20). The van der Waals surface area contributed by atoms with E-state index in [4.69, 9.17) is 16.7 Å². The van der Waals surface area contributed by atoms with Crippen LogP contribution in [0, 0.1) is 6.92 Å². The van der Waals surface area contributed by atoms with E-state index in [1.54, 1.807) is 0 Å². The second-order valence-corrected chi connectivity index (χ2v) is 5.31. The van der Waals surface area contributed by atoms with Crippen molar-refractivity contribution in [1.82, 2.24) is 15.4 Å². The molecule has 3 aromatic rings. The lowest BCUT2D eigenvalue weighted by atomic mass is 9.98. The van der Waals surface area contributed by atoms with Gasteiger partial charge < -0.3 is 5.11 Å². The van der Waals surface area contributed by atoms with Gasteiger partial charge in [0.05, 0.1) is 0 Å². The predicted molar refractivity (Wildman–Crippen MR) is 84.0 cm³/mol. The first-order valence-electron chi connectivity index (χ1n) is 6.57. The minimum Gasteiger partial charge on any atom is -0.476 e. The third kappa shape index (κ3) is 2.58. The van der Waals surface area contributed by atoms with Gasteiger partial charge in [-0.2, -0.15) is 0 Å². The maximum Gasteiger partial charge on any atom is 0.356 e. The molecule has 0 spiro atoms. The summed E-state index contributed by atoms with van der Waals surface area (Å²) < 4.78 is 0. The van der Waals surface area contributed by atoms with Crippen LogP contribution in [-0.4, -0.2) is 26.5 Å². The van der Waals surface area contributed by atoms with Crippen molar-refractivity contribution in [3.8, 4) is 22.4 Å². The molecule has 1 heterocycles. The van der Waals surface area contributed by atoms with Gasteiger partial charge in [0.25, 0.3) is 0 Å². The largest absolute Gasteiger partial charge is 0.476 e. The van der Waals surface area contributed by atoms with Gasteiger partial charge in [-0.1, -0.05) is 47.1 Å². The molecule has 110 valence electrons. The van der Waals surface area contributed by atoms with Gasteiger partial charge in [-0.25, -0.2) is 4.79 Å². The number of H-pyrrole nitrogens is 1. The van der Waals surface area contributed by atoms with Crippen molar-refractivity contribution < 1.29 is 9.90 Å². The summed E-state index contributed by atoms with van der Waals surface area (Å²) in [5.74, 6) is -1.09. The van der Waals surface area contributed by atoms with Gasteiger partial charge in [-0.15, -0.1) is 5.10 Å². The van der Waals surface area contributed by atoms with Crippen molar-refractivity contribution >= 4 is 17.6 Å². The highest BCUT2D eigenvalue weighted by Crippen LogP contribution is 2.28. The monoisotopic (exact) mass is 313 g/mol. The highest BCUT2D eigenvalue weighted by Gasteiger charge is 2.16. The summed E-state index contributed by atoms with van der Waals surface area (Å²) in [4.78, 5) is 11.1. The molecule has 0 saturated heterocycles. The average Bonchev–Trinajstić information content (AvgIpc) is 2.97. The number of aromatic amines is 1. The van der Waals surface area contributed by atoms with Crippen molar-refractivity contribution in [2.45, 2.75) is 6.92 Å². The van der Waals surface area contributed by atoms with E-state index in [-0.39, 0.29) is 5.69 Å². The Morgan fingerprint density at radius 3 is 2.45 bits per heavy atom. The van der Waals surface area contributed by atoms with Gasteiger partial charge in [0.15, 0.2) is 5.69 Å². The minimum absolute atomic E-state index is 0.0181. The van der Waals surface area contributed by atoms with E-state index in [9.17, 15) is 4.79 Å². The lowest BCUT2D eigenvalue weighted by molar-refractivity contribution is 0.0691. The zero-order valence-electron chi connectivity index (χ0n) is 11.7. The molecule has 0 bridgehead atoms. The van der Waals surface area contributed by atoms with Gasteiger partial charge in [0.1, 0.15) is 5.69 Å². The van der Waals surface area contributed by atoms with Crippen LogP contribution in [0.3, 0.4) is 0 Å². The molecule has 0 aliphatic heterocycles. The quantitative estimate of drug-likeness (QED) is 0.771. The highest BCUT2D eigenvalue weighted by molar-refractivity contribution is 6.30. The summed E-state index contributed by atoms with van der Waals surface area (Å²) in [6, 6.07) is 13.2. The van der Waals surface area contributed by atoms with Crippen molar-refractivity contribution in [3.63, 3.8) is 0 Å². The maximum absolute atomic E-state index is 11.1. The van der Waals surface area contributed by atoms with Gasteiger partial charge in [-0.05, 0) is 35.7 Å². The molecule has 0 aliphatic carbocycles. The lowest BCUT2D eigenvalue weighted by Crippen LogP contribution is -1.99. The number of nitrogens with zero attached hydrogens (tertiary/aromatic N) is 2. The van der Waals surface area contributed by atoms with E-state index in [1.165, 1.54) is 0 Å². The number of aromatic carboxylic acids is 1. The first kappa shape index (κ1) is 14.3. The van der Waals surface area contributed by atoms with Crippen molar-refractivity contribution in [1.29, 1.82) is 0 Å². The number of halogens is 1. The Bertz CT molecular complexity index is 841. The van der Waals surface area contributed by atoms with Crippen LogP contribution in [0.5, 0.6) is 0 Å².